The van der Waals surface area contributed by atoms with Gasteiger partial charge in [-0.25, -0.2) is 23.2 Å². The average Bonchev–Trinajstić information content (AvgIpc) is 3.23. The molecule has 10 heteroatoms. The van der Waals surface area contributed by atoms with E-state index in [9.17, 15) is 18.4 Å². The smallest absolute Gasteiger partial charge is 0.356 e. The first-order chi connectivity index (χ1) is 16.7. The third kappa shape index (κ3) is 3.50. The molecule has 0 radical (unpaired) electrons. The predicted molar refractivity (Wildman–Crippen MR) is 126 cm³/mol. The van der Waals surface area contributed by atoms with Crippen LogP contribution in [0.2, 0.25) is 6.55 Å². The van der Waals surface area contributed by atoms with Crippen LogP contribution in [0.1, 0.15) is 57.7 Å². The van der Waals surface area contributed by atoms with Crippen molar-refractivity contribution in [2.24, 2.45) is 0 Å². The van der Waals surface area contributed by atoms with Gasteiger partial charge < -0.3 is 9.47 Å². The SMILES string of the molecule is CCOC(=O)[Si@]1(C)[C@@H](c2ccc(C3CCc4c3cnn4-c3cccc(C(=O)OC)n3)cc2)C1(F)F. The molecule has 5 rings (SSSR count). The topological polar surface area (TPSA) is 83.3 Å². The van der Waals surface area contributed by atoms with E-state index in [0.29, 0.717) is 11.4 Å². The second kappa shape index (κ2) is 8.37. The van der Waals surface area contributed by atoms with Gasteiger partial charge in [0.1, 0.15) is 0 Å². The van der Waals surface area contributed by atoms with Crippen molar-refractivity contribution in [1.29, 1.82) is 0 Å². The minimum Gasteiger partial charge on any atom is -0.470 e. The molecule has 3 aromatic rings. The lowest BCUT2D eigenvalue weighted by atomic mass is 9.93. The van der Waals surface area contributed by atoms with Crippen LogP contribution in [0.15, 0.2) is 48.7 Å². The van der Waals surface area contributed by atoms with Crippen LogP contribution in [0.3, 0.4) is 0 Å². The van der Waals surface area contributed by atoms with Gasteiger partial charge in [0.15, 0.2) is 11.5 Å². The molecule has 1 fully saturated rings. The fraction of sp³-hybridized carbons (Fsp3) is 0.360. The van der Waals surface area contributed by atoms with Gasteiger partial charge in [-0.2, -0.15) is 5.10 Å². The van der Waals surface area contributed by atoms with Crippen molar-refractivity contribution in [3.8, 4) is 5.82 Å². The van der Waals surface area contributed by atoms with Crippen LogP contribution in [-0.2, 0) is 15.9 Å². The standard InChI is InChI=1S/C25H25F2N3O4Si/c1-4-34-24(32)35(3)22(25(35,26)27)16-10-8-15(9-11-16)17-12-13-20-18(17)14-28-30(20)21-7-5-6-19(29-21)23(31)33-2/h5-11,14,17,22H,4,12-13H2,1-3H3/t17?,22-,35-/m0/s1. The van der Waals surface area contributed by atoms with Crippen molar-refractivity contribution in [1.82, 2.24) is 14.8 Å². The molecule has 182 valence electrons. The van der Waals surface area contributed by atoms with Crippen LogP contribution in [0.4, 0.5) is 13.6 Å². The normalized spacial score (nSPS) is 24.0. The van der Waals surface area contributed by atoms with Crippen LogP contribution in [0.5, 0.6) is 0 Å². The van der Waals surface area contributed by atoms with Crippen molar-refractivity contribution in [3.63, 3.8) is 0 Å². The predicted octanol–water partition coefficient (Wildman–Crippen LogP) is 4.76. The van der Waals surface area contributed by atoms with Gasteiger partial charge in [0, 0.05) is 17.2 Å². The Kier molecular flexibility index (Phi) is 5.58. The van der Waals surface area contributed by atoms with E-state index in [2.05, 4.69) is 10.1 Å². The molecular weight excluding hydrogens is 472 g/mol. The zero-order valence-electron chi connectivity index (χ0n) is 19.6. The first-order valence-corrected chi connectivity index (χ1v) is 14.1. The molecule has 0 bridgehead atoms. The average molecular weight is 498 g/mol. The number of benzene rings is 1. The van der Waals surface area contributed by atoms with Gasteiger partial charge in [0.25, 0.3) is 13.7 Å². The third-order valence-electron chi connectivity index (χ3n) is 7.21. The minimum atomic E-state index is -3.53. The highest BCUT2D eigenvalue weighted by atomic mass is 28.3. The van der Waals surface area contributed by atoms with Gasteiger partial charge in [-0.15, -0.1) is 0 Å². The van der Waals surface area contributed by atoms with E-state index in [1.54, 1.807) is 48.1 Å². The molecule has 0 saturated carbocycles. The number of ether oxygens (including phenoxy) is 2. The van der Waals surface area contributed by atoms with Crippen molar-refractivity contribution in [2.75, 3.05) is 13.7 Å². The molecule has 35 heavy (non-hydrogen) atoms. The second-order valence-corrected chi connectivity index (χ2v) is 13.1. The Morgan fingerprint density at radius 3 is 2.57 bits per heavy atom. The molecule has 3 heterocycles. The Bertz CT molecular complexity index is 1310. The maximum Gasteiger partial charge on any atom is 0.356 e. The molecule has 0 amide bonds. The van der Waals surface area contributed by atoms with E-state index >= 15 is 0 Å². The first-order valence-electron chi connectivity index (χ1n) is 11.5. The van der Waals surface area contributed by atoms with Gasteiger partial charge in [-0.1, -0.05) is 36.9 Å². The summed E-state index contributed by atoms with van der Waals surface area (Å²) in [4.78, 5) is 28.5. The van der Waals surface area contributed by atoms with E-state index in [1.165, 1.54) is 13.7 Å². The van der Waals surface area contributed by atoms with Crippen LogP contribution >= 0.6 is 0 Å². The fourth-order valence-corrected chi connectivity index (χ4v) is 8.89. The molecule has 3 atom stereocenters. The first kappa shape index (κ1) is 23.3. The lowest BCUT2D eigenvalue weighted by Gasteiger charge is -2.11. The van der Waals surface area contributed by atoms with Crippen LogP contribution in [0, 0.1) is 0 Å². The Morgan fingerprint density at radius 2 is 1.89 bits per heavy atom. The van der Waals surface area contributed by atoms with Crippen molar-refractivity contribution < 1.29 is 27.8 Å². The van der Waals surface area contributed by atoms with Crippen LogP contribution in [-0.4, -0.2) is 53.7 Å². The maximum absolute atomic E-state index is 14.7. The summed E-state index contributed by atoms with van der Waals surface area (Å²) in [6.07, 6.45) is 3.41. The van der Waals surface area contributed by atoms with Gasteiger partial charge in [-0.3, -0.25) is 4.79 Å². The quantitative estimate of drug-likeness (QED) is 0.361. The Balaban J connectivity index is 1.39. The summed E-state index contributed by atoms with van der Waals surface area (Å²) in [7, 11) is -2.23. The summed E-state index contributed by atoms with van der Waals surface area (Å²) in [6.45, 7) is 3.14. The molecule has 0 N–H and O–H groups in total. The number of halogens is 2. The molecule has 2 aliphatic rings. The number of methoxy groups -OCH3 is 1. The van der Waals surface area contributed by atoms with Crippen molar-refractivity contribution >= 4 is 19.6 Å². The van der Waals surface area contributed by atoms with Gasteiger partial charge >= 0.3 is 5.97 Å². The molecule has 1 saturated heterocycles. The summed E-state index contributed by atoms with van der Waals surface area (Å²) in [5.74, 6) is 0.0892. The number of rotatable bonds is 6. The maximum atomic E-state index is 14.7. The fourth-order valence-electron chi connectivity index (χ4n) is 5.20. The number of carbonyl (C=O) groups excluding carboxylic acids is 2. The van der Waals surface area contributed by atoms with Gasteiger partial charge in [0.05, 0.1) is 25.5 Å². The number of hydrogen-bond donors (Lipinski definition) is 0. The molecule has 0 spiro atoms. The summed E-state index contributed by atoms with van der Waals surface area (Å²) in [5.41, 5.74) is -1.04. The number of esters is 1. The van der Waals surface area contributed by atoms with Gasteiger partial charge in [-0.05, 0) is 43.0 Å². The minimum absolute atomic E-state index is 0.0741. The molecule has 1 aliphatic heterocycles. The third-order valence-corrected chi connectivity index (χ3v) is 11.4. The molecular formula is C25H25F2N3O4Si. The highest BCUT2D eigenvalue weighted by Gasteiger charge is 2.85. The summed E-state index contributed by atoms with van der Waals surface area (Å²) < 4.78 is 40.8. The Morgan fingerprint density at radius 1 is 1.17 bits per heavy atom. The van der Waals surface area contributed by atoms with E-state index in [4.69, 9.17) is 9.47 Å². The van der Waals surface area contributed by atoms with E-state index in [-0.39, 0.29) is 18.2 Å². The van der Waals surface area contributed by atoms with E-state index < -0.39 is 30.7 Å². The summed E-state index contributed by atoms with van der Waals surface area (Å²) in [5, 5.41) is 4.50. The number of carbonyl (C=O) groups is 2. The zero-order chi connectivity index (χ0) is 25.0. The lowest BCUT2D eigenvalue weighted by Crippen LogP contribution is -2.33. The number of nitrogens with zero attached hydrogens (tertiary/aromatic N) is 3. The number of alkyl halides is 2. The number of aromatic nitrogens is 3. The van der Waals surface area contributed by atoms with Gasteiger partial charge in [0.2, 0.25) is 5.55 Å². The lowest BCUT2D eigenvalue weighted by molar-refractivity contribution is 0.0594. The molecule has 2 aromatic heterocycles. The number of hydrogen-bond acceptors (Lipinski definition) is 6. The Hall–Kier alpha value is -3.40. The monoisotopic (exact) mass is 497 g/mol. The highest BCUT2D eigenvalue weighted by molar-refractivity contribution is 7.14. The summed E-state index contributed by atoms with van der Waals surface area (Å²) >= 11 is 0. The van der Waals surface area contributed by atoms with Crippen LogP contribution < -0.4 is 0 Å². The largest absolute Gasteiger partial charge is 0.470 e. The van der Waals surface area contributed by atoms with E-state index in [1.807, 2.05) is 12.1 Å². The molecule has 1 aromatic carbocycles. The Labute approximate surface area is 202 Å². The number of pyridine rings is 1. The molecule has 1 unspecified atom stereocenters. The molecule has 7 nitrogen and oxygen atoms in total. The van der Waals surface area contributed by atoms with Crippen molar-refractivity contribution in [2.45, 2.75) is 43.3 Å². The second-order valence-electron chi connectivity index (χ2n) is 9.07. The van der Waals surface area contributed by atoms with Crippen molar-refractivity contribution in [3.05, 3.63) is 76.7 Å². The van der Waals surface area contributed by atoms with E-state index in [0.717, 1.165) is 29.7 Å². The highest BCUT2D eigenvalue weighted by Crippen LogP contribution is 2.63. The summed E-state index contributed by atoms with van der Waals surface area (Å²) in [6, 6.07) is 12.3. The number of fused-ring (bicyclic) bond motifs is 1. The molecule has 1 aliphatic carbocycles. The zero-order valence-corrected chi connectivity index (χ0v) is 20.6. The van der Waals surface area contributed by atoms with Crippen LogP contribution in [0.25, 0.3) is 5.82 Å².